The topological polar surface area (TPSA) is 6.48 Å². The van der Waals surface area contributed by atoms with Gasteiger partial charge in [-0.25, -0.2) is 0 Å². The van der Waals surface area contributed by atoms with Crippen LogP contribution in [0.5, 0.6) is 0 Å². The first-order valence-corrected chi connectivity index (χ1v) is 8.94. The van der Waals surface area contributed by atoms with Crippen molar-refractivity contribution in [3.8, 4) is 0 Å². The molecule has 1 fully saturated rings. The molecule has 2 heteroatoms. The van der Waals surface area contributed by atoms with Crippen molar-refractivity contribution in [3.63, 3.8) is 0 Å². The Balaban J connectivity index is 1.81. The summed E-state index contributed by atoms with van der Waals surface area (Å²) in [5.74, 6) is 0. The summed E-state index contributed by atoms with van der Waals surface area (Å²) in [5.41, 5.74) is 2.63. The molecule has 0 N–H and O–H groups in total. The minimum Gasteiger partial charge on any atom is -0.300 e. The molecule has 1 saturated heterocycles. The van der Waals surface area contributed by atoms with Gasteiger partial charge in [-0.05, 0) is 63.0 Å². The second kappa shape index (κ2) is 9.12. The average molecular weight is 300 g/mol. The molecule has 2 nitrogen and oxygen atoms in total. The van der Waals surface area contributed by atoms with Gasteiger partial charge in [-0.1, -0.05) is 50.8 Å². The lowest BCUT2D eigenvalue weighted by Gasteiger charge is -2.38. The summed E-state index contributed by atoms with van der Waals surface area (Å²) in [7, 11) is 0. The van der Waals surface area contributed by atoms with E-state index in [1.54, 1.807) is 0 Å². The molecule has 1 aliphatic heterocycles. The van der Waals surface area contributed by atoms with E-state index in [1.165, 1.54) is 63.0 Å². The molecule has 0 radical (unpaired) electrons. The fraction of sp³-hybridized carbons (Fsp3) is 0.600. The van der Waals surface area contributed by atoms with Gasteiger partial charge in [0.05, 0.1) is 0 Å². The molecule has 1 aliphatic rings. The van der Waals surface area contributed by atoms with Crippen molar-refractivity contribution < 1.29 is 0 Å². The molecule has 22 heavy (non-hydrogen) atoms. The number of hydrogen-bond acceptors (Lipinski definition) is 2. The highest BCUT2D eigenvalue weighted by Gasteiger charge is 2.23. The Kier molecular flexibility index (Phi) is 7.14. The molecular weight excluding hydrogens is 268 g/mol. The summed E-state index contributed by atoms with van der Waals surface area (Å²) in [6.45, 7) is 14.5. The number of likely N-dealkylation sites (tertiary alicyclic amines) is 1. The van der Waals surface area contributed by atoms with Gasteiger partial charge in [0.1, 0.15) is 0 Å². The van der Waals surface area contributed by atoms with Gasteiger partial charge in [-0.15, -0.1) is 0 Å². The maximum atomic E-state index is 3.82. The lowest BCUT2D eigenvalue weighted by molar-refractivity contribution is 0.104. The molecule has 0 atom stereocenters. The number of benzene rings is 1. The Hall–Kier alpha value is -1.12. The van der Waals surface area contributed by atoms with Crippen LogP contribution in [0.2, 0.25) is 0 Å². The predicted molar refractivity (Wildman–Crippen MR) is 97.0 cm³/mol. The molecule has 0 aromatic heterocycles. The highest BCUT2D eigenvalue weighted by molar-refractivity contribution is 5.47. The summed E-state index contributed by atoms with van der Waals surface area (Å²) >= 11 is 0. The SMILES string of the molecule is C=Cc1ccc(CN2CCC(N(CCC)CCC)CC2)cc1. The lowest BCUT2D eigenvalue weighted by atomic mass is 10.0. The van der Waals surface area contributed by atoms with E-state index in [1.807, 2.05) is 6.08 Å². The third-order valence-electron chi connectivity index (χ3n) is 4.72. The van der Waals surface area contributed by atoms with Crippen LogP contribution in [0, 0.1) is 0 Å². The lowest BCUT2D eigenvalue weighted by Crippen LogP contribution is -2.45. The summed E-state index contributed by atoms with van der Waals surface area (Å²) < 4.78 is 0. The summed E-state index contributed by atoms with van der Waals surface area (Å²) in [5, 5.41) is 0. The minimum absolute atomic E-state index is 0.805. The van der Waals surface area contributed by atoms with Gasteiger partial charge in [-0.3, -0.25) is 4.90 Å². The van der Waals surface area contributed by atoms with Crippen LogP contribution >= 0.6 is 0 Å². The third kappa shape index (κ3) is 4.96. The molecule has 0 aliphatic carbocycles. The largest absolute Gasteiger partial charge is 0.300 e. The molecule has 0 bridgehead atoms. The monoisotopic (exact) mass is 300 g/mol. The molecule has 1 aromatic rings. The fourth-order valence-corrected chi connectivity index (χ4v) is 3.51. The Morgan fingerprint density at radius 3 is 2.18 bits per heavy atom. The number of rotatable bonds is 8. The summed E-state index contributed by atoms with van der Waals surface area (Å²) in [6, 6.07) is 9.62. The smallest absolute Gasteiger partial charge is 0.0233 e. The highest BCUT2D eigenvalue weighted by Crippen LogP contribution is 2.19. The van der Waals surface area contributed by atoms with Crippen molar-refractivity contribution in [2.24, 2.45) is 0 Å². The van der Waals surface area contributed by atoms with Crippen LogP contribution in [0.3, 0.4) is 0 Å². The van der Waals surface area contributed by atoms with Crippen LogP contribution in [-0.2, 0) is 6.54 Å². The number of nitrogens with zero attached hydrogens (tertiary/aromatic N) is 2. The van der Waals surface area contributed by atoms with E-state index in [-0.39, 0.29) is 0 Å². The normalized spacial score (nSPS) is 17.0. The van der Waals surface area contributed by atoms with Gasteiger partial charge in [0, 0.05) is 12.6 Å². The Morgan fingerprint density at radius 1 is 1.09 bits per heavy atom. The van der Waals surface area contributed by atoms with Crippen molar-refractivity contribution in [1.82, 2.24) is 9.80 Å². The zero-order chi connectivity index (χ0) is 15.8. The number of piperidine rings is 1. The maximum Gasteiger partial charge on any atom is 0.0233 e. The second-order valence-electron chi connectivity index (χ2n) is 6.49. The van der Waals surface area contributed by atoms with Crippen molar-refractivity contribution in [2.45, 2.75) is 52.1 Å². The second-order valence-corrected chi connectivity index (χ2v) is 6.49. The van der Waals surface area contributed by atoms with E-state index in [0.717, 1.165) is 12.6 Å². The molecule has 1 heterocycles. The third-order valence-corrected chi connectivity index (χ3v) is 4.72. The first-order chi connectivity index (χ1) is 10.8. The van der Waals surface area contributed by atoms with E-state index in [9.17, 15) is 0 Å². The molecule has 0 spiro atoms. The average Bonchev–Trinajstić information content (AvgIpc) is 2.56. The summed E-state index contributed by atoms with van der Waals surface area (Å²) in [6.07, 6.45) is 7.10. The molecule has 0 unspecified atom stereocenters. The van der Waals surface area contributed by atoms with Crippen LogP contribution in [-0.4, -0.2) is 42.0 Å². The van der Waals surface area contributed by atoms with Gasteiger partial charge in [-0.2, -0.15) is 0 Å². The molecule has 1 aromatic carbocycles. The zero-order valence-corrected chi connectivity index (χ0v) is 14.4. The van der Waals surface area contributed by atoms with Crippen LogP contribution in [0.25, 0.3) is 6.08 Å². The molecule has 0 amide bonds. The van der Waals surface area contributed by atoms with E-state index >= 15 is 0 Å². The maximum absolute atomic E-state index is 3.82. The first kappa shape index (κ1) is 17.2. The van der Waals surface area contributed by atoms with Crippen molar-refractivity contribution >= 4 is 6.08 Å². The van der Waals surface area contributed by atoms with Gasteiger partial charge in [0.2, 0.25) is 0 Å². The number of hydrogen-bond donors (Lipinski definition) is 0. The molecule has 122 valence electrons. The Labute approximate surface area is 136 Å². The van der Waals surface area contributed by atoms with E-state index in [4.69, 9.17) is 0 Å². The predicted octanol–water partition coefficient (Wildman–Crippen LogP) is 4.42. The van der Waals surface area contributed by atoms with Gasteiger partial charge in [0.25, 0.3) is 0 Å². The first-order valence-electron chi connectivity index (χ1n) is 8.94. The van der Waals surface area contributed by atoms with Crippen LogP contribution in [0.15, 0.2) is 30.8 Å². The van der Waals surface area contributed by atoms with Crippen molar-refractivity contribution in [1.29, 1.82) is 0 Å². The minimum atomic E-state index is 0.805. The van der Waals surface area contributed by atoms with E-state index < -0.39 is 0 Å². The van der Waals surface area contributed by atoms with Gasteiger partial charge < -0.3 is 4.90 Å². The Bertz CT molecular complexity index is 424. The Morgan fingerprint density at radius 2 is 1.68 bits per heavy atom. The van der Waals surface area contributed by atoms with E-state index in [0.29, 0.717) is 0 Å². The summed E-state index contributed by atoms with van der Waals surface area (Å²) in [4.78, 5) is 5.33. The van der Waals surface area contributed by atoms with Crippen LogP contribution in [0.4, 0.5) is 0 Å². The quantitative estimate of drug-likeness (QED) is 0.701. The van der Waals surface area contributed by atoms with E-state index in [2.05, 4.69) is 54.5 Å². The van der Waals surface area contributed by atoms with Gasteiger partial charge >= 0.3 is 0 Å². The van der Waals surface area contributed by atoms with Gasteiger partial charge in [0.15, 0.2) is 0 Å². The standard InChI is InChI=1S/C20H32N2/c1-4-13-22(14-5-2)20-11-15-21(16-12-20)17-19-9-7-18(6-3)8-10-19/h6-10,20H,3-5,11-17H2,1-2H3. The van der Waals surface area contributed by atoms with Crippen molar-refractivity contribution in [2.75, 3.05) is 26.2 Å². The molecular formula is C20H32N2. The highest BCUT2D eigenvalue weighted by atomic mass is 15.2. The molecule has 2 rings (SSSR count). The zero-order valence-electron chi connectivity index (χ0n) is 14.4. The molecule has 0 saturated carbocycles. The van der Waals surface area contributed by atoms with Crippen LogP contribution in [0.1, 0.15) is 50.7 Å². The van der Waals surface area contributed by atoms with Crippen molar-refractivity contribution in [3.05, 3.63) is 42.0 Å². The fourth-order valence-electron chi connectivity index (χ4n) is 3.51. The van der Waals surface area contributed by atoms with Crippen LogP contribution < -0.4 is 0 Å².